The Morgan fingerprint density at radius 2 is 0.863 bits per heavy atom. The molecule has 12 unspecified atom stereocenters. The summed E-state index contributed by atoms with van der Waals surface area (Å²) in [5.41, 5.74) is 0. The van der Waals surface area contributed by atoms with E-state index in [4.69, 9.17) is 18.9 Å². The van der Waals surface area contributed by atoms with Crippen molar-refractivity contribution in [3.8, 4) is 0 Å². The lowest BCUT2D eigenvalue weighted by Gasteiger charge is -2.46. The van der Waals surface area contributed by atoms with Crippen LogP contribution in [0.5, 0.6) is 0 Å². The summed E-state index contributed by atoms with van der Waals surface area (Å²) in [6.07, 6.45) is 53.4. The summed E-state index contributed by atoms with van der Waals surface area (Å²) in [7, 11) is 0. The first-order chi connectivity index (χ1) is 39.1. The number of unbranched alkanes of at least 4 members (excludes halogenated alkanes) is 22. The predicted octanol–water partition coefficient (Wildman–Crippen LogP) is 11.4. The normalized spacial score (nSPS) is 24.9. The lowest BCUT2D eigenvalue weighted by molar-refractivity contribution is -0.359. The Kier molecular flexibility index (Phi) is 46.0. The van der Waals surface area contributed by atoms with E-state index in [1.165, 1.54) is 103 Å². The molecule has 460 valence electrons. The lowest BCUT2D eigenvalue weighted by atomic mass is 9.97. The van der Waals surface area contributed by atoms with Gasteiger partial charge in [0.05, 0.1) is 32.0 Å². The molecule has 0 aromatic rings. The SMILES string of the molecule is CC/C=C\C/C=C\C/C=C\C/C=C\C/C=C\C/C=C\C/C=C\CCCCCCCCCCCCCCCCCC(=O)NC(COC1OC(CO)C(OC2OC(CO)C(O)C(O)C2O)C(O)C1O)C(O)/C=C/CCCCCCCCC. The molecule has 14 heteroatoms. The Labute approximate surface area is 483 Å². The second-order valence-corrected chi connectivity index (χ2v) is 21.8. The van der Waals surface area contributed by atoms with Gasteiger partial charge in [-0.1, -0.05) is 233 Å². The second kappa shape index (κ2) is 50.4. The van der Waals surface area contributed by atoms with Crippen molar-refractivity contribution in [2.24, 2.45) is 0 Å². The summed E-state index contributed by atoms with van der Waals surface area (Å²) < 4.78 is 22.7. The minimum atomic E-state index is -1.79. The van der Waals surface area contributed by atoms with Gasteiger partial charge in [0.1, 0.15) is 48.8 Å². The summed E-state index contributed by atoms with van der Waals surface area (Å²) in [6.45, 7) is 2.63. The average molecular weight is 1130 g/mol. The summed E-state index contributed by atoms with van der Waals surface area (Å²) in [4.78, 5) is 13.2. The summed E-state index contributed by atoms with van der Waals surface area (Å²) in [5.74, 6) is -0.245. The number of aliphatic hydroxyl groups is 8. The van der Waals surface area contributed by atoms with Crippen LogP contribution in [0.4, 0.5) is 0 Å². The van der Waals surface area contributed by atoms with Crippen LogP contribution in [0.3, 0.4) is 0 Å². The van der Waals surface area contributed by atoms with Gasteiger partial charge in [-0.15, -0.1) is 0 Å². The zero-order valence-corrected chi connectivity index (χ0v) is 49.5. The third-order valence-corrected chi connectivity index (χ3v) is 14.8. The van der Waals surface area contributed by atoms with Crippen LogP contribution >= 0.6 is 0 Å². The van der Waals surface area contributed by atoms with Gasteiger partial charge in [0, 0.05) is 6.42 Å². The molecule has 14 nitrogen and oxygen atoms in total. The minimum Gasteiger partial charge on any atom is -0.394 e. The first kappa shape index (κ1) is 73.0. The van der Waals surface area contributed by atoms with Crippen LogP contribution in [-0.2, 0) is 23.7 Å². The van der Waals surface area contributed by atoms with Gasteiger partial charge in [0.15, 0.2) is 12.6 Å². The second-order valence-electron chi connectivity index (χ2n) is 21.8. The molecule has 80 heavy (non-hydrogen) atoms. The fourth-order valence-corrected chi connectivity index (χ4v) is 9.74. The van der Waals surface area contributed by atoms with Crippen LogP contribution < -0.4 is 5.32 Å². The number of aliphatic hydroxyl groups excluding tert-OH is 8. The number of nitrogens with one attached hydrogen (secondary N) is 1. The van der Waals surface area contributed by atoms with Gasteiger partial charge >= 0.3 is 0 Å². The Bertz CT molecular complexity index is 1710. The molecular formula is C66H113NO13. The highest BCUT2D eigenvalue weighted by Crippen LogP contribution is 2.30. The Balaban J connectivity index is 1.58. The maximum atomic E-state index is 13.2. The third-order valence-electron chi connectivity index (χ3n) is 14.8. The highest BCUT2D eigenvalue weighted by Gasteiger charge is 2.51. The summed E-state index contributed by atoms with van der Waals surface area (Å²) >= 11 is 0. The molecule has 2 saturated heterocycles. The van der Waals surface area contributed by atoms with Gasteiger partial charge in [0.2, 0.25) is 5.91 Å². The van der Waals surface area contributed by atoms with E-state index < -0.39 is 86.8 Å². The van der Waals surface area contributed by atoms with Crippen LogP contribution in [0, 0.1) is 0 Å². The van der Waals surface area contributed by atoms with Crippen molar-refractivity contribution in [3.05, 3.63) is 97.2 Å². The van der Waals surface area contributed by atoms with Gasteiger partial charge < -0.3 is 65.1 Å². The minimum absolute atomic E-state index is 0.245. The molecule has 2 heterocycles. The van der Waals surface area contributed by atoms with E-state index in [0.717, 1.165) is 89.9 Å². The molecule has 0 saturated carbocycles. The maximum absolute atomic E-state index is 13.2. The number of ether oxygens (including phenoxy) is 4. The molecule has 0 radical (unpaired) electrons. The quantitative estimate of drug-likeness (QED) is 0.0204. The zero-order chi connectivity index (χ0) is 58.1. The topological polar surface area (TPSA) is 228 Å². The molecule has 0 bridgehead atoms. The van der Waals surface area contributed by atoms with Crippen LogP contribution in [0.15, 0.2) is 97.2 Å². The molecule has 12 atom stereocenters. The van der Waals surface area contributed by atoms with Crippen LogP contribution in [0.25, 0.3) is 0 Å². The van der Waals surface area contributed by atoms with Crippen molar-refractivity contribution in [2.75, 3.05) is 19.8 Å². The average Bonchev–Trinajstić information content (AvgIpc) is 3.49. The number of rotatable bonds is 49. The van der Waals surface area contributed by atoms with Crippen molar-refractivity contribution >= 4 is 5.91 Å². The molecular weight excluding hydrogens is 1010 g/mol. The molecule has 1 amide bonds. The molecule has 0 aromatic carbocycles. The van der Waals surface area contributed by atoms with E-state index in [-0.39, 0.29) is 18.9 Å². The maximum Gasteiger partial charge on any atom is 0.220 e. The van der Waals surface area contributed by atoms with E-state index in [0.29, 0.717) is 6.42 Å². The van der Waals surface area contributed by atoms with Crippen molar-refractivity contribution in [1.82, 2.24) is 5.32 Å². The largest absolute Gasteiger partial charge is 0.394 e. The summed E-state index contributed by atoms with van der Waals surface area (Å²) in [6, 6.07) is -0.917. The monoisotopic (exact) mass is 1130 g/mol. The van der Waals surface area contributed by atoms with Crippen LogP contribution in [0.2, 0.25) is 0 Å². The van der Waals surface area contributed by atoms with Gasteiger partial charge in [-0.3, -0.25) is 4.79 Å². The third kappa shape index (κ3) is 35.1. The van der Waals surface area contributed by atoms with E-state index in [9.17, 15) is 45.6 Å². The van der Waals surface area contributed by atoms with Crippen molar-refractivity contribution < 1.29 is 64.6 Å². The van der Waals surface area contributed by atoms with Crippen LogP contribution in [0.1, 0.15) is 219 Å². The molecule has 9 N–H and O–H groups in total. The highest BCUT2D eigenvalue weighted by atomic mass is 16.7. The Hall–Kier alpha value is -3.09. The van der Waals surface area contributed by atoms with Gasteiger partial charge in [-0.2, -0.15) is 0 Å². The first-order valence-electron chi connectivity index (χ1n) is 31.5. The number of hydrogen-bond acceptors (Lipinski definition) is 13. The molecule has 0 aromatic heterocycles. The van der Waals surface area contributed by atoms with Crippen molar-refractivity contribution in [3.63, 3.8) is 0 Å². The van der Waals surface area contributed by atoms with E-state index in [2.05, 4.69) is 104 Å². The smallest absolute Gasteiger partial charge is 0.220 e. The number of carbonyl (C=O) groups excluding carboxylic acids is 1. The molecule has 0 aliphatic carbocycles. The highest BCUT2D eigenvalue weighted by molar-refractivity contribution is 5.76. The van der Waals surface area contributed by atoms with E-state index in [1.807, 2.05) is 6.08 Å². The molecule has 0 spiro atoms. The van der Waals surface area contributed by atoms with Gasteiger partial charge in [0.25, 0.3) is 0 Å². The van der Waals surface area contributed by atoms with Crippen molar-refractivity contribution in [1.29, 1.82) is 0 Å². The predicted molar refractivity (Wildman–Crippen MR) is 323 cm³/mol. The van der Waals surface area contributed by atoms with E-state index in [1.54, 1.807) is 6.08 Å². The number of amides is 1. The Morgan fingerprint density at radius 1 is 0.463 bits per heavy atom. The number of allylic oxidation sites excluding steroid dienone is 15. The standard InChI is InChI=1S/C66H113NO13/c1-3-5-7-9-11-13-14-15-16-17-18-19-20-21-22-23-24-25-26-27-28-29-30-31-32-33-34-35-36-37-38-39-40-42-44-46-48-50-58(71)67-54(55(70)49-47-45-43-41-12-10-8-6-4-2)53-77-65-63(76)61(74)64(57(52-69)79-65)80-66-62(75)60(73)59(72)56(51-68)78-66/h5,7,11,13,15-16,18-19,21-22,24-25,27-28,47,49,54-57,59-66,68-70,72-76H,3-4,6,8-10,12,14,17,20,23,26,29-46,48,50-53H2,1-2H3,(H,67,71)/b7-5-,13-11-,16-15-,19-18-,22-21-,25-24-,28-27-,49-47+. The molecule has 2 aliphatic rings. The molecule has 2 aliphatic heterocycles. The summed E-state index contributed by atoms with van der Waals surface area (Å²) in [5, 5.41) is 86.8. The number of hydrogen-bond donors (Lipinski definition) is 9. The van der Waals surface area contributed by atoms with Gasteiger partial charge in [-0.25, -0.2) is 0 Å². The van der Waals surface area contributed by atoms with Gasteiger partial charge in [-0.05, 0) is 77.0 Å². The van der Waals surface area contributed by atoms with Crippen LogP contribution in [-0.4, -0.2) is 140 Å². The molecule has 2 rings (SSSR count). The fraction of sp³-hybridized carbons (Fsp3) is 0.742. The Morgan fingerprint density at radius 3 is 1.32 bits per heavy atom. The first-order valence-corrected chi connectivity index (χ1v) is 31.5. The lowest BCUT2D eigenvalue weighted by Crippen LogP contribution is -2.65. The van der Waals surface area contributed by atoms with E-state index >= 15 is 0 Å². The van der Waals surface area contributed by atoms with Crippen molar-refractivity contribution in [2.45, 2.75) is 293 Å². The number of carbonyl (C=O) groups is 1. The fourth-order valence-electron chi connectivity index (χ4n) is 9.74. The molecule has 2 fully saturated rings. The zero-order valence-electron chi connectivity index (χ0n) is 49.5.